The zero-order valence-corrected chi connectivity index (χ0v) is 14.7. The second kappa shape index (κ2) is 6.72. The van der Waals surface area contributed by atoms with E-state index in [9.17, 15) is 9.18 Å². The van der Waals surface area contributed by atoms with Crippen molar-refractivity contribution in [2.75, 3.05) is 0 Å². The Labute approximate surface area is 161 Å². The van der Waals surface area contributed by atoms with Crippen LogP contribution in [0.4, 0.5) is 4.39 Å². The Morgan fingerprint density at radius 3 is 2.52 bits per heavy atom. The first-order valence-electron chi connectivity index (χ1n) is 10.2. The number of aromatic nitrogens is 4. The van der Waals surface area contributed by atoms with Gasteiger partial charge in [-0.05, 0) is 48.6 Å². The van der Waals surface area contributed by atoms with Gasteiger partial charge < -0.3 is 4.57 Å². The maximum Gasteiger partial charge on any atom is 0.168 e. The molecule has 5 nitrogen and oxygen atoms in total. The van der Waals surface area contributed by atoms with Gasteiger partial charge in [-0.25, -0.2) is 9.37 Å². The Kier molecular flexibility index (Phi) is 3.20. The summed E-state index contributed by atoms with van der Waals surface area (Å²) in [4.78, 5) is 25.7. The lowest BCUT2D eigenvalue weighted by Gasteiger charge is -2.06. The Balaban J connectivity index is 1.71. The van der Waals surface area contributed by atoms with Crippen LogP contribution in [0.2, 0.25) is 0 Å². The molecule has 0 atom stereocenters. The van der Waals surface area contributed by atoms with E-state index < -0.39 is 41.3 Å². The van der Waals surface area contributed by atoms with E-state index in [1.165, 1.54) is 0 Å². The van der Waals surface area contributed by atoms with Crippen LogP contribution in [0.25, 0.3) is 22.2 Å². The highest BCUT2D eigenvalue weighted by atomic mass is 19.1. The molecule has 0 N–H and O–H groups in total. The van der Waals surface area contributed by atoms with E-state index >= 15 is 0 Å². The summed E-state index contributed by atoms with van der Waals surface area (Å²) in [6, 6.07) is 0.456. The SMILES string of the molecule is [2H]c1c([2H])c(C(=O)Cc2cc3cc(-c4cnc(C)n4C)ncc3cn2)c([2H])c([2H])c1F. The van der Waals surface area contributed by atoms with Gasteiger partial charge in [0.15, 0.2) is 5.78 Å². The number of benzene rings is 1. The Bertz CT molecular complexity index is 1340. The number of rotatable bonds is 4. The number of imidazole rings is 1. The molecule has 0 unspecified atom stereocenters. The number of carbonyl (C=O) groups excluding carboxylic acids is 1. The lowest BCUT2D eigenvalue weighted by Crippen LogP contribution is -2.05. The number of hydrogen-bond acceptors (Lipinski definition) is 4. The molecule has 0 amide bonds. The van der Waals surface area contributed by atoms with Gasteiger partial charge in [-0.1, -0.05) is 0 Å². The molecule has 0 bridgehead atoms. The van der Waals surface area contributed by atoms with Crippen molar-refractivity contribution in [1.82, 2.24) is 19.5 Å². The summed E-state index contributed by atoms with van der Waals surface area (Å²) >= 11 is 0. The number of ketones is 1. The van der Waals surface area contributed by atoms with Gasteiger partial charge in [0.05, 0.1) is 29.5 Å². The summed E-state index contributed by atoms with van der Waals surface area (Å²) in [5, 5.41) is 1.56. The Hall–Kier alpha value is -3.41. The van der Waals surface area contributed by atoms with E-state index in [1.807, 2.05) is 24.6 Å². The summed E-state index contributed by atoms with van der Waals surface area (Å²) in [5.74, 6) is -1.10. The number of nitrogens with zero attached hydrogens (tertiary/aromatic N) is 4. The Morgan fingerprint density at radius 2 is 1.81 bits per heavy atom. The van der Waals surface area contributed by atoms with Gasteiger partial charge >= 0.3 is 0 Å². The molecular weight excluding hydrogens is 343 g/mol. The van der Waals surface area contributed by atoms with Gasteiger partial charge in [-0.3, -0.25) is 14.8 Å². The number of fused-ring (bicyclic) bond motifs is 1. The van der Waals surface area contributed by atoms with Crippen molar-refractivity contribution >= 4 is 16.6 Å². The zero-order valence-electron chi connectivity index (χ0n) is 18.7. The smallest absolute Gasteiger partial charge is 0.168 e. The van der Waals surface area contributed by atoms with Crippen LogP contribution in [-0.2, 0) is 13.5 Å². The van der Waals surface area contributed by atoms with Crippen molar-refractivity contribution in [2.45, 2.75) is 13.3 Å². The van der Waals surface area contributed by atoms with E-state index in [2.05, 4.69) is 15.0 Å². The number of hydrogen-bond donors (Lipinski definition) is 0. The van der Waals surface area contributed by atoms with Crippen molar-refractivity contribution in [1.29, 1.82) is 0 Å². The molecule has 0 fully saturated rings. The number of pyridine rings is 2. The lowest BCUT2D eigenvalue weighted by molar-refractivity contribution is 0.0992. The van der Waals surface area contributed by atoms with Crippen LogP contribution in [0.1, 0.15) is 27.4 Å². The molecule has 1 aromatic carbocycles. The topological polar surface area (TPSA) is 60.7 Å². The predicted molar refractivity (Wildman–Crippen MR) is 101 cm³/mol. The molecule has 0 saturated carbocycles. The molecule has 0 aliphatic carbocycles. The fraction of sp³-hybridized carbons (Fsp3) is 0.143. The van der Waals surface area contributed by atoms with Crippen LogP contribution in [0.3, 0.4) is 0 Å². The summed E-state index contributed by atoms with van der Waals surface area (Å²) < 4.78 is 46.5. The molecule has 3 heterocycles. The summed E-state index contributed by atoms with van der Waals surface area (Å²) in [5.41, 5.74) is 1.48. The largest absolute Gasteiger partial charge is 0.330 e. The van der Waals surface area contributed by atoms with Gasteiger partial charge in [0.25, 0.3) is 0 Å². The predicted octanol–water partition coefficient (Wildman–Crippen LogP) is 3.90. The molecule has 0 spiro atoms. The monoisotopic (exact) mass is 364 g/mol. The fourth-order valence-electron chi connectivity index (χ4n) is 2.75. The number of aryl methyl sites for hydroxylation is 1. The molecular formula is C21H17FN4O. The van der Waals surface area contributed by atoms with Gasteiger partial charge in [0.1, 0.15) is 11.6 Å². The van der Waals surface area contributed by atoms with E-state index in [0.29, 0.717) is 11.4 Å². The van der Waals surface area contributed by atoms with Gasteiger partial charge in [0.2, 0.25) is 0 Å². The third-order valence-electron chi connectivity index (χ3n) is 4.36. The van der Waals surface area contributed by atoms with Gasteiger partial charge in [-0.15, -0.1) is 0 Å². The molecule has 134 valence electrons. The number of halogens is 1. The first kappa shape index (κ1) is 12.9. The molecule has 0 aliphatic rings. The van der Waals surface area contributed by atoms with Gasteiger partial charge in [-0.2, -0.15) is 0 Å². The summed E-state index contributed by atoms with van der Waals surface area (Å²) in [7, 11) is 1.89. The first-order chi connectivity index (χ1) is 14.7. The van der Waals surface area contributed by atoms with Crippen LogP contribution in [-0.4, -0.2) is 25.3 Å². The van der Waals surface area contributed by atoms with Gasteiger partial charge in [0, 0.05) is 36.1 Å². The standard InChI is InChI=1S/C21H17FN4O/c1-13-23-12-20(26(13)2)19-8-15-7-18(24-10-16(15)11-25-19)9-21(27)14-3-5-17(22)6-4-14/h3-8,10-12H,9H2,1-2H3/i3D,4D,5D,6D. The van der Waals surface area contributed by atoms with Crippen LogP contribution in [0, 0.1) is 12.7 Å². The van der Waals surface area contributed by atoms with Crippen molar-refractivity contribution < 1.29 is 14.7 Å². The first-order valence-corrected chi connectivity index (χ1v) is 8.21. The minimum Gasteiger partial charge on any atom is -0.330 e. The van der Waals surface area contributed by atoms with Crippen molar-refractivity contribution in [3.8, 4) is 11.4 Å². The third kappa shape index (κ3) is 3.33. The molecule has 4 aromatic rings. The average molecular weight is 364 g/mol. The van der Waals surface area contributed by atoms with Crippen molar-refractivity contribution in [3.05, 3.63) is 77.8 Å². The van der Waals surface area contributed by atoms with Crippen LogP contribution in [0.5, 0.6) is 0 Å². The van der Waals surface area contributed by atoms with E-state index in [4.69, 9.17) is 5.48 Å². The maximum absolute atomic E-state index is 13.8. The van der Waals surface area contributed by atoms with E-state index in [0.717, 1.165) is 22.3 Å². The third-order valence-corrected chi connectivity index (χ3v) is 4.36. The molecule has 0 saturated heterocycles. The highest BCUT2D eigenvalue weighted by Gasteiger charge is 2.11. The molecule has 0 aliphatic heterocycles. The van der Waals surface area contributed by atoms with Crippen LogP contribution >= 0.6 is 0 Å². The van der Waals surface area contributed by atoms with Crippen LogP contribution in [0.15, 0.2) is 54.9 Å². The number of carbonyl (C=O) groups is 1. The quantitative estimate of drug-likeness (QED) is 0.515. The molecule has 6 heteroatoms. The van der Waals surface area contributed by atoms with Crippen molar-refractivity contribution in [2.24, 2.45) is 7.05 Å². The molecule has 0 radical (unpaired) electrons. The summed E-state index contributed by atoms with van der Waals surface area (Å²) in [6.45, 7) is 1.89. The van der Waals surface area contributed by atoms with Crippen molar-refractivity contribution in [3.63, 3.8) is 0 Å². The maximum atomic E-state index is 13.8. The molecule has 27 heavy (non-hydrogen) atoms. The number of Topliss-reactive ketones (excluding diaryl/α,β-unsaturated/α-hetero) is 1. The second-order valence-electron chi connectivity index (χ2n) is 6.13. The van der Waals surface area contributed by atoms with E-state index in [1.54, 1.807) is 24.7 Å². The normalized spacial score (nSPS) is 13.1. The van der Waals surface area contributed by atoms with E-state index in [-0.39, 0.29) is 6.42 Å². The minimum absolute atomic E-state index is 0.249. The second-order valence-corrected chi connectivity index (χ2v) is 6.13. The van der Waals surface area contributed by atoms with Crippen LogP contribution < -0.4 is 0 Å². The highest BCUT2D eigenvalue weighted by molar-refractivity contribution is 5.97. The fourth-order valence-corrected chi connectivity index (χ4v) is 2.75. The average Bonchev–Trinajstić information content (AvgIpc) is 3.09. The minimum atomic E-state index is -1.28. The lowest BCUT2D eigenvalue weighted by atomic mass is 10.0. The molecule has 4 rings (SSSR count). The highest BCUT2D eigenvalue weighted by Crippen LogP contribution is 2.23. The molecule has 3 aromatic heterocycles. The zero-order chi connectivity index (χ0) is 22.4. The Morgan fingerprint density at radius 1 is 1.07 bits per heavy atom. The summed E-state index contributed by atoms with van der Waals surface area (Å²) in [6.07, 6.45) is 4.73.